The van der Waals surface area contributed by atoms with Gasteiger partial charge in [0.05, 0.1) is 34.0 Å². The molecule has 2 aromatic carbocycles. The molecule has 0 radical (unpaired) electrons. The van der Waals surface area contributed by atoms with Crippen molar-refractivity contribution in [2.45, 2.75) is 39.2 Å². The van der Waals surface area contributed by atoms with Crippen molar-refractivity contribution >= 4 is 39.5 Å². The Morgan fingerprint density at radius 3 is 2.56 bits per heavy atom. The Morgan fingerprint density at radius 1 is 1.11 bits per heavy atom. The molecule has 1 atom stereocenters. The van der Waals surface area contributed by atoms with Crippen LogP contribution in [0.4, 0.5) is 14.6 Å². The second-order valence-electron chi connectivity index (χ2n) is 8.66. The van der Waals surface area contributed by atoms with Crippen LogP contribution in [-0.4, -0.2) is 29.5 Å². The number of aromatic nitrogens is 6. The lowest BCUT2D eigenvalue weighted by Crippen LogP contribution is -2.28. The second kappa shape index (κ2) is 9.27. The van der Waals surface area contributed by atoms with Crippen molar-refractivity contribution in [3.63, 3.8) is 0 Å². The number of halogens is 3. The van der Waals surface area contributed by atoms with Gasteiger partial charge in [-0.15, -0.1) is 0 Å². The Kier molecular flexibility index (Phi) is 6.13. The Morgan fingerprint density at radius 2 is 1.86 bits per heavy atom. The summed E-state index contributed by atoms with van der Waals surface area (Å²) in [5, 5.41) is 3.70. The SMILES string of the molecule is CCC(Nc1nc(C(C)C)nc2nc[nH]c12)c1nc2cccc(Cl)c2c(=O)n1-c1cc(F)cc(F)c1. The zero-order valence-corrected chi connectivity index (χ0v) is 20.4. The van der Waals surface area contributed by atoms with E-state index in [-0.39, 0.29) is 27.8 Å². The average molecular weight is 510 g/mol. The summed E-state index contributed by atoms with van der Waals surface area (Å²) < 4.78 is 29.6. The molecule has 0 aliphatic rings. The quantitative estimate of drug-likeness (QED) is 0.306. The van der Waals surface area contributed by atoms with Crippen LogP contribution in [0.3, 0.4) is 0 Å². The molecule has 11 heteroatoms. The minimum absolute atomic E-state index is 0.000635. The average Bonchev–Trinajstić information content (AvgIpc) is 3.30. The van der Waals surface area contributed by atoms with E-state index in [1.807, 2.05) is 20.8 Å². The minimum atomic E-state index is -0.820. The van der Waals surface area contributed by atoms with Crippen LogP contribution in [0.25, 0.3) is 27.8 Å². The summed E-state index contributed by atoms with van der Waals surface area (Å²) in [7, 11) is 0. The van der Waals surface area contributed by atoms with Crippen molar-refractivity contribution in [1.29, 1.82) is 0 Å². The molecule has 5 rings (SSSR count). The van der Waals surface area contributed by atoms with Gasteiger partial charge in [-0.2, -0.15) is 0 Å². The summed E-state index contributed by atoms with van der Waals surface area (Å²) in [4.78, 5) is 34.9. The molecule has 2 N–H and O–H groups in total. The van der Waals surface area contributed by atoms with Crippen molar-refractivity contribution in [1.82, 2.24) is 29.5 Å². The number of anilines is 1. The number of nitrogens with one attached hydrogen (secondary N) is 2. The third-order valence-corrected chi connectivity index (χ3v) is 6.14. The molecular formula is C25H22ClF2N7O. The fourth-order valence-electron chi connectivity index (χ4n) is 4.09. The van der Waals surface area contributed by atoms with Gasteiger partial charge in [-0.05, 0) is 30.7 Å². The van der Waals surface area contributed by atoms with Crippen molar-refractivity contribution < 1.29 is 8.78 Å². The summed E-state index contributed by atoms with van der Waals surface area (Å²) in [6.45, 7) is 5.84. The number of rotatable bonds is 6. The second-order valence-corrected chi connectivity index (χ2v) is 9.07. The van der Waals surface area contributed by atoms with Crippen LogP contribution in [0.5, 0.6) is 0 Å². The molecule has 0 amide bonds. The predicted molar refractivity (Wildman–Crippen MR) is 135 cm³/mol. The van der Waals surface area contributed by atoms with E-state index in [0.29, 0.717) is 34.7 Å². The summed E-state index contributed by atoms with van der Waals surface area (Å²) >= 11 is 6.33. The third kappa shape index (κ3) is 4.17. The first-order chi connectivity index (χ1) is 17.3. The number of imidazole rings is 1. The maximum atomic E-state index is 14.2. The van der Waals surface area contributed by atoms with Crippen LogP contribution in [0.15, 0.2) is 47.5 Å². The van der Waals surface area contributed by atoms with Crippen LogP contribution in [-0.2, 0) is 0 Å². The van der Waals surface area contributed by atoms with Gasteiger partial charge in [0.2, 0.25) is 0 Å². The predicted octanol–water partition coefficient (Wildman–Crippen LogP) is 5.67. The molecule has 5 aromatic rings. The van der Waals surface area contributed by atoms with Crippen LogP contribution in [0.1, 0.15) is 50.8 Å². The van der Waals surface area contributed by atoms with Gasteiger partial charge < -0.3 is 10.3 Å². The Bertz CT molecular complexity index is 1640. The number of H-pyrrole nitrogens is 1. The van der Waals surface area contributed by atoms with Crippen LogP contribution >= 0.6 is 11.6 Å². The van der Waals surface area contributed by atoms with E-state index in [1.165, 1.54) is 10.9 Å². The Hall–Kier alpha value is -3.92. The zero-order chi connectivity index (χ0) is 25.6. The maximum absolute atomic E-state index is 14.2. The fourth-order valence-corrected chi connectivity index (χ4v) is 4.34. The molecule has 184 valence electrons. The lowest BCUT2D eigenvalue weighted by atomic mass is 10.1. The molecule has 36 heavy (non-hydrogen) atoms. The summed E-state index contributed by atoms with van der Waals surface area (Å²) in [6.07, 6.45) is 1.99. The first kappa shape index (κ1) is 23.8. The summed E-state index contributed by atoms with van der Waals surface area (Å²) in [6, 6.07) is 7.27. The minimum Gasteiger partial charge on any atom is -0.358 e. The standard InChI is InChI=1S/C25H22ClF2N7O/c1-4-17(31-23-20-22(30-11-29-20)33-21(34-23)12(2)3)24-32-18-7-5-6-16(26)19(18)25(36)35(24)15-9-13(27)8-14(28)10-15/h5-12,17H,4H2,1-3H3,(H2,29,30,31,33,34). The molecular weight excluding hydrogens is 488 g/mol. The van der Waals surface area contributed by atoms with Crippen molar-refractivity contribution in [2.75, 3.05) is 5.32 Å². The molecule has 8 nitrogen and oxygen atoms in total. The van der Waals surface area contributed by atoms with Crippen LogP contribution in [0.2, 0.25) is 5.02 Å². The number of hydrogen-bond acceptors (Lipinski definition) is 6. The van der Waals surface area contributed by atoms with E-state index in [1.54, 1.807) is 18.2 Å². The van der Waals surface area contributed by atoms with E-state index in [2.05, 4.69) is 25.3 Å². The van der Waals surface area contributed by atoms with Gasteiger partial charge in [0.1, 0.15) is 28.8 Å². The first-order valence-corrected chi connectivity index (χ1v) is 11.8. The molecule has 1 unspecified atom stereocenters. The van der Waals surface area contributed by atoms with Gasteiger partial charge in [-0.25, -0.2) is 28.7 Å². The van der Waals surface area contributed by atoms with E-state index < -0.39 is 23.2 Å². The van der Waals surface area contributed by atoms with Gasteiger partial charge >= 0.3 is 0 Å². The topological polar surface area (TPSA) is 101 Å². The smallest absolute Gasteiger partial charge is 0.267 e. The van der Waals surface area contributed by atoms with Crippen molar-refractivity contribution in [3.8, 4) is 5.69 Å². The third-order valence-electron chi connectivity index (χ3n) is 5.83. The van der Waals surface area contributed by atoms with E-state index >= 15 is 0 Å². The number of aromatic amines is 1. The molecule has 0 saturated heterocycles. The Balaban J connectivity index is 1.75. The van der Waals surface area contributed by atoms with Crippen molar-refractivity contribution in [2.24, 2.45) is 0 Å². The van der Waals surface area contributed by atoms with E-state index in [9.17, 15) is 13.6 Å². The number of nitrogens with zero attached hydrogens (tertiary/aromatic N) is 5. The highest BCUT2D eigenvalue weighted by molar-refractivity contribution is 6.35. The lowest BCUT2D eigenvalue weighted by Gasteiger charge is -2.23. The molecule has 0 spiro atoms. The monoisotopic (exact) mass is 509 g/mol. The van der Waals surface area contributed by atoms with Gasteiger partial charge in [-0.3, -0.25) is 9.36 Å². The summed E-state index contributed by atoms with van der Waals surface area (Å²) in [5.74, 6) is -0.277. The molecule has 0 saturated carbocycles. The van der Waals surface area contributed by atoms with Crippen molar-refractivity contribution in [3.05, 3.63) is 81.4 Å². The Labute approximate surface area is 209 Å². The van der Waals surface area contributed by atoms with E-state index in [4.69, 9.17) is 16.6 Å². The highest BCUT2D eigenvalue weighted by Gasteiger charge is 2.24. The largest absolute Gasteiger partial charge is 0.358 e. The molecule has 0 fully saturated rings. The number of hydrogen-bond donors (Lipinski definition) is 2. The zero-order valence-electron chi connectivity index (χ0n) is 19.7. The molecule has 0 bridgehead atoms. The highest BCUT2D eigenvalue weighted by Crippen LogP contribution is 2.29. The van der Waals surface area contributed by atoms with Gasteiger partial charge in [0, 0.05) is 12.0 Å². The van der Waals surface area contributed by atoms with Gasteiger partial charge in [0.15, 0.2) is 11.5 Å². The fraction of sp³-hybridized carbons (Fsp3) is 0.240. The molecule has 0 aliphatic heterocycles. The normalized spacial score (nSPS) is 12.5. The molecule has 3 aromatic heterocycles. The van der Waals surface area contributed by atoms with Crippen LogP contribution in [0, 0.1) is 11.6 Å². The first-order valence-electron chi connectivity index (χ1n) is 11.4. The molecule has 3 heterocycles. The van der Waals surface area contributed by atoms with Gasteiger partial charge in [0.25, 0.3) is 5.56 Å². The number of fused-ring (bicyclic) bond motifs is 2. The maximum Gasteiger partial charge on any atom is 0.267 e. The summed E-state index contributed by atoms with van der Waals surface area (Å²) in [5.41, 5.74) is 0.914. The highest BCUT2D eigenvalue weighted by atomic mass is 35.5. The number of benzene rings is 2. The van der Waals surface area contributed by atoms with Gasteiger partial charge in [-0.1, -0.05) is 38.4 Å². The molecule has 0 aliphatic carbocycles. The van der Waals surface area contributed by atoms with Crippen LogP contribution < -0.4 is 10.9 Å². The van der Waals surface area contributed by atoms with E-state index in [0.717, 1.165) is 18.2 Å². The lowest BCUT2D eigenvalue weighted by molar-refractivity contribution is 0.578.